The minimum atomic E-state index is 0.0968. The third-order valence-electron chi connectivity index (χ3n) is 6.24. The van der Waals surface area contributed by atoms with Gasteiger partial charge in [-0.05, 0) is 50.7 Å². The number of benzene rings is 2. The van der Waals surface area contributed by atoms with Crippen LogP contribution in [0.2, 0.25) is 0 Å². The fourth-order valence-electron chi connectivity index (χ4n) is 4.75. The van der Waals surface area contributed by atoms with Crippen molar-refractivity contribution in [2.75, 3.05) is 13.1 Å². The molecule has 1 aliphatic heterocycles. The van der Waals surface area contributed by atoms with Crippen LogP contribution in [0.15, 0.2) is 54.6 Å². The smallest absolute Gasteiger partial charge is 0.159 e. The Bertz CT molecular complexity index is 1110. The van der Waals surface area contributed by atoms with E-state index in [4.69, 9.17) is 4.98 Å². The van der Waals surface area contributed by atoms with Gasteiger partial charge in [-0.2, -0.15) is 0 Å². The molecule has 0 atom stereocenters. The maximum absolute atomic E-state index is 11.7. The Kier molecular flexibility index (Phi) is 4.67. The lowest BCUT2D eigenvalue weighted by molar-refractivity contribution is 0.101. The van der Waals surface area contributed by atoms with E-state index in [1.807, 2.05) is 12.1 Å². The van der Waals surface area contributed by atoms with Gasteiger partial charge in [-0.15, -0.1) is 0 Å². The molecule has 29 heavy (non-hydrogen) atoms. The van der Waals surface area contributed by atoms with Gasteiger partial charge in [-0.1, -0.05) is 48.5 Å². The molecule has 1 aliphatic carbocycles. The summed E-state index contributed by atoms with van der Waals surface area (Å²) in [7, 11) is 0. The number of hydrogen-bond donors (Lipinski definition) is 0. The molecule has 3 heteroatoms. The zero-order valence-corrected chi connectivity index (χ0v) is 16.9. The molecule has 2 aliphatic rings. The summed E-state index contributed by atoms with van der Waals surface area (Å²) in [5.41, 5.74) is 8.03. The van der Waals surface area contributed by atoms with E-state index in [9.17, 15) is 4.79 Å². The van der Waals surface area contributed by atoms with E-state index in [2.05, 4.69) is 47.4 Å². The molecule has 0 N–H and O–H groups in total. The van der Waals surface area contributed by atoms with Crippen molar-refractivity contribution < 1.29 is 4.79 Å². The van der Waals surface area contributed by atoms with E-state index in [0.29, 0.717) is 0 Å². The molecular formula is C26H26N2O. The van der Waals surface area contributed by atoms with Crippen molar-refractivity contribution in [3.05, 3.63) is 71.3 Å². The summed E-state index contributed by atoms with van der Waals surface area (Å²) in [6.07, 6.45) is 8.30. The van der Waals surface area contributed by atoms with Crippen molar-refractivity contribution >= 4 is 22.4 Å². The second-order valence-electron chi connectivity index (χ2n) is 8.14. The largest absolute Gasteiger partial charge is 0.371 e. The molecule has 3 nitrogen and oxygen atoms in total. The summed E-state index contributed by atoms with van der Waals surface area (Å²) < 4.78 is 0. The fourth-order valence-corrected chi connectivity index (χ4v) is 4.75. The van der Waals surface area contributed by atoms with E-state index in [0.717, 1.165) is 48.3 Å². The molecule has 0 bridgehead atoms. The highest BCUT2D eigenvalue weighted by Crippen LogP contribution is 2.40. The molecular weight excluding hydrogens is 356 g/mol. The van der Waals surface area contributed by atoms with Gasteiger partial charge >= 0.3 is 0 Å². The lowest BCUT2D eigenvalue weighted by atomic mass is 9.92. The molecule has 2 aromatic carbocycles. The number of nitrogens with zero attached hydrogens (tertiary/aromatic N) is 2. The van der Waals surface area contributed by atoms with Crippen molar-refractivity contribution in [3.63, 3.8) is 0 Å². The number of aromatic nitrogens is 1. The first-order valence-corrected chi connectivity index (χ1v) is 10.7. The number of allylic oxidation sites excluding steroid dienone is 1. The number of fused-ring (bicyclic) bond motifs is 3. The standard InChI is InChI=1S/C26H26N2O/c1-18(29)19-12-14-20(15-13-19)26-25-22(21-8-2-4-10-23(21)27-26)9-3-5-11-24(25)28-16-6-7-17-28/h2,4,8,10-15H,3,5-7,9,16-17H2,1H3. The van der Waals surface area contributed by atoms with E-state index in [1.54, 1.807) is 6.92 Å². The molecule has 0 spiro atoms. The molecule has 3 aromatic rings. The Balaban J connectivity index is 1.77. The molecule has 2 heterocycles. The second-order valence-corrected chi connectivity index (χ2v) is 8.14. The van der Waals surface area contributed by atoms with Crippen LogP contribution in [-0.2, 0) is 6.42 Å². The van der Waals surface area contributed by atoms with Gasteiger partial charge in [0, 0.05) is 40.9 Å². The second kappa shape index (κ2) is 7.47. The highest BCUT2D eigenvalue weighted by molar-refractivity contribution is 5.96. The maximum Gasteiger partial charge on any atom is 0.159 e. The summed E-state index contributed by atoms with van der Waals surface area (Å²) in [6, 6.07) is 16.5. The zero-order valence-electron chi connectivity index (χ0n) is 16.9. The number of ketones is 1. The maximum atomic E-state index is 11.7. The number of rotatable bonds is 3. The Morgan fingerprint density at radius 1 is 0.966 bits per heavy atom. The van der Waals surface area contributed by atoms with Crippen molar-refractivity contribution in [2.45, 2.75) is 39.0 Å². The number of hydrogen-bond acceptors (Lipinski definition) is 3. The van der Waals surface area contributed by atoms with Crippen LogP contribution in [-0.4, -0.2) is 28.8 Å². The van der Waals surface area contributed by atoms with Gasteiger partial charge in [0.25, 0.3) is 0 Å². The lowest BCUT2D eigenvalue weighted by Gasteiger charge is -2.26. The molecule has 0 saturated carbocycles. The van der Waals surface area contributed by atoms with Crippen molar-refractivity contribution in [3.8, 4) is 11.3 Å². The van der Waals surface area contributed by atoms with E-state index < -0.39 is 0 Å². The number of pyridine rings is 1. The van der Waals surface area contributed by atoms with Gasteiger partial charge in [0.2, 0.25) is 0 Å². The molecule has 1 aromatic heterocycles. The Hall–Kier alpha value is -2.94. The first-order valence-electron chi connectivity index (χ1n) is 10.7. The average molecular weight is 383 g/mol. The van der Waals surface area contributed by atoms with Crippen LogP contribution < -0.4 is 0 Å². The van der Waals surface area contributed by atoms with Crippen molar-refractivity contribution in [2.24, 2.45) is 0 Å². The van der Waals surface area contributed by atoms with Crippen LogP contribution in [0, 0.1) is 0 Å². The van der Waals surface area contributed by atoms with Gasteiger partial charge in [-0.3, -0.25) is 4.79 Å². The predicted octanol–water partition coefficient (Wildman–Crippen LogP) is 5.88. The first kappa shape index (κ1) is 18.1. The number of aryl methyl sites for hydroxylation is 1. The summed E-state index contributed by atoms with van der Waals surface area (Å²) in [6.45, 7) is 3.87. The predicted molar refractivity (Wildman–Crippen MR) is 119 cm³/mol. The summed E-state index contributed by atoms with van der Waals surface area (Å²) >= 11 is 0. The fraction of sp³-hybridized carbons (Fsp3) is 0.308. The van der Waals surface area contributed by atoms with Gasteiger partial charge < -0.3 is 4.90 Å². The number of Topliss-reactive ketones (excluding diaryl/α,β-unsaturated/α-hetero) is 1. The van der Waals surface area contributed by atoms with Gasteiger partial charge in [0.15, 0.2) is 5.78 Å². The Morgan fingerprint density at radius 2 is 1.72 bits per heavy atom. The number of carbonyl (C=O) groups excluding carboxylic acids is 1. The van der Waals surface area contributed by atoms with Crippen molar-refractivity contribution in [1.82, 2.24) is 9.88 Å². The van der Waals surface area contributed by atoms with Crippen LogP contribution in [0.5, 0.6) is 0 Å². The van der Waals surface area contributed by atoms with Crippen LogP contribution in [0.4, 0.5) is 0 Å². The Labute approximate surface area is 172 Å². The third-order valence-corrected chi connectivity index (χ3v) is 6.24. The van der Waals surface area contributed by atoms with Crippen LogP contribution in [0.1, 0.15) is 54.1 Å². The molecule has 1 fully saturated rings. The monoisotopic (exact) mass is 382 g/mol. The highest BCUT2D eigenvalue weighted by Gasteiger charge is 2.26. The number of para-hydroxylation sites is 1. The molecule has 1 saturated heterocycles. The first-order chi connectivity index (χ1) is 14.2. The average Bonchev–Trinajstić information content (AvgIpc) is 3.19. The normalized spacial score (nSPS) is 16.4. The minimum absolute atomic E-state index is 0.0968. The Morgan fingerprint density at radius 3 is 2.48 bits per heavy atom. The minimum Gasteiger partial charge on any atom is -0.371 e. The molecule has 5 rings (SSSR count). The van der Waals surface area contributed by atoms with Gasteiger partial charge in [0.1, 0.15) is 0 Å². The van der Waals surface area contributed by atoms with E-state index in [-0.39, 0.29) is 5.78 Å². The van der Waals surface area contributed by atoms with Crippen LogP contribution in [0.3, 0.4) is 0 Å². The quantitative estimate of drug-likeness (QED) is 0.531. The molecule has 0 radical (unpaired) electrons. The SMILES string of the molecule is CC(=O)c1ccc(-c2nc3ccccc3c3c2C(N2CCCC2)=CCCC3)cc1. The topological polar surface area (TPSA) is 33.2 Å². The molecule has 0 unspecified atom stereocenters. The number of carbonyl (C=O) groups is 1. The summed E-state index contributed by atoms with van der Waals surface area (Å²) in [5.74, 6) is 0.0968. The lowest BCUT2D eigenvalue weighted by Crippen LogP contribution is -2.19. The third kappa shape index (κ3) is 3.25. The van der Waals surface area contributed by atoms with Crippen LogP contribution in [0.25, 0.3) is 27.9 Å². The number of likely N-dealkylation sites (tertiary alicyclic amines) is 1. The van der Waals surface area contributed by atoms with E-state index >= 15 is 0 Å². The van der Waals surface area contributed by atoms with E-state index in [1.165, 1.54) is 41.5 Å². The van der Waals surface area contributed by atoms with Crippen LogP contribution >= 0.6 is 0 Å². The van der Waals surface area contributed by atoms with Crippen molar-refractivity contribution in [1.29, 1.82) is 0 Å². The summed E-state index contributed by atoms with van der Waals surface area (Å²) in [4.78, 5) is 19.4. The highest BCUT2D eigenvalue weighted by atomic mass is 16.1. The molecule has 0 amide bonds. The van der Waals surface area contributed by atoms with Gasteiger partial charge in [-0.25, -0.2) is 4.98 Å². The summed E-state index contributed by atoms with van der Waals surface area (Å²) in [5, 5.41) is 1.28. The molecule has 146 valence electrons. The van der Waals surface area contributed by atoms with Gasteiger partial charge in [0.05, 0.1) is 11.2 Å². The zero-order chi connectivity index (χ0) is 19.8.